The van der Waals surface area contributed by atoms with Crippen LogP contribution in [0.25, 0.3) is 0 Å². The van der Waals surface area contributed by atoms with Crippen LogP contribution < -0.4 is 14.8 Å². The summed E-state index contributed by atoms with van der Waals surface area (Å²) >= 11 is 3.49. The number of hydrogen-bond acceptors (Lipinski definition) is 3. The van der Waals surface area contributed by atoms with Crippen LogP contribution in [0, 0.1) is 0 Å². The van der Waals surface area contributed by atoms with Gasteiger partial charge in [-0.05, 0) is 58.5 Å². The number of carbonyl (C=O) groups excluding carboxylic acids is 1. The molecule has 2 rings (SSSR count). The van der Waals surface area contributed by atoms with E-state index in [0.717, 1.165) is 24.1 Å². The first-order chi connectivity index (χ1) is 12.5. The van der Waals surface area contributed by atoms with Crippen molar-refractivity contribution in [2.45, 2.75) is 39.5 Å². The van der Waals surface area contributed by atoms with E-state index >= 15 is 0 Å². The highest BCUT2D eigenvalue weighted by Gasteiger charge is 2.17. The zero-order valence-electron chi connectivity index (χ0n) is 15.8. The summed E-state index contributed by atoms with van der Waals surface area (Å²) in [5.74, 6) is 1.35. The zero-order valence-corrected chi connectivity index (χ0v) is 17.4. The molecule has 0 fully saturated rings. The van der Waals surface area contributed by atoms with Gasteiger partial charge >= 0.3 is 0 Å². The molecule has 0 bridgehead atoms. The summed E-state index contributed by atoms with van der Waals surface area (Å²) in [7, 11) is 1.57. The monoisotopic (exact) mass is 419 g/mol. The third-order valence-corrected chi connectivity index (χ3v) is 4.88. The molecule has 0 unspecified atom stereocenters. The largest absolute Gasteiger partial charge is 0.493 e. The number of nitrogens with one attached hydrogen (secondary N) is 1. The Morgan fingerprint density at radius 2 is 1.96 bits per heavy atom. The number of methoxy groups -OCH3 is 1. The van der Waals surface area contributed by atoms with Gasteiger partial charge in [0.1, 0.15) is 0 Å². The highest BCUT2D eigenvalue weighted by Crippen LogP contribution is 2.37. The van der Waals surface area contributed by atoms with Crippen LogP contribution >= 0.6 is 15.9 Å². The first-order valence-electron chi connectivity index (χ1n) is 8.92. The van der Waals surface area contributed by atoms with Crippen molar-refractivity contribution in [2.75, 3.05) is 19.0 Å². The van der Waals surface area contributed by atoms with Crippen LogP contribution in [0.1, 0.15) is 55.5 Å². The Hall–Kier alpha value is -2.01. The number of benzene rings is 2. The van der Waals surface area contributed by atoms with E-state index in [1.165, 1.54) is 0 Å². The third kappa shape index (κ3) is 4.79. The van der Waals surface area contributed by atoms with Gasteiger partial charge in [-0.25, -0.2) is 0 Å². The average molecular weight is 420 g/mol. The van der Waals surface area contributed by atoms with Crippen molar-refractivity contribution in [3.8, 4) is 11.5 Å². The van der Waals surface area contributed by atoms with Crippen molar-refractivity contribution in [1.29, 1.82) is 0 Å². The second-order valence-corrected chi connectivity index (χ2v) is 7.04. The molecule has 0 aromatic heterocycles. The molecule has 140 valence electrons. The van der Waals surface area contributed by atoms with E-state index in [9.17, 15) is 4.79 Å². The second kappa shape index (κ2) is 9.62. The summed E-state index contributed by atoms with van der Waals surface area (Å²) in [5.41, 5.74) is 2.49. The fourth-order valence-corrected chi connectivity index (χ4v) is 3.21. The standard InChI is InChI=1S/C21H26BrNO3/c1-5-11-26-20-17(22)12-15(13-19(20)25-4)21(24)23-18-10-8-7-9-16(18)14(3)6-2/h7-10,12-14H,5-6,11H2,1-4H3,(H,23,24)/t14-/m0/s1. The number of ether oxygens (including phenoxy) is 2. The Bertz CT molecular complexity index is 761. The van der Waals surface area contributed by atoms with Gasteiger partial charge in [-0.3, -0.25) is 4.79 Å². The number of carbonyl (C=O) groups is 1. The molecule has 2 aromatic rings. The van der Waals surface area contributed by atoms with Gasteiger partial charge in [0.15, 0.2) is 11.5 Å². The lowest BCUT2D eigenvalue weighted by Gasteiger charge is -2.17. The quantitative estimate of drug-likeness (QED) is 0.569. The molecule has 0 aliphatic heterocycles. The number of rotatable bonds is 8. The average Bonchev–Trinajstić information content (AvgIpc) is 2.66. The summed E-state index contributed by atoms with van der Waals surface area (Å²) in [4.78, 5) is 12.8. The maximum Gasteiger partial charge on any atom is 0.255 e. The summed E-state index contributed by atoms with van der Waals surface area (Å²) < 4.78 is 11.8. The van der Waals surface area contributed by atoms with Crippen LogP contribution in [0.4, 0.5) is 5.69 Å². The number of para-hydroxylation sites is 1. The number of hydrogen-bond donors (Lipinski definition) is 1. The maximum absolute atomic E-state index is 12.8. The normalized spacial score (nSPS) is 11.7. The minimum atomic E-state index is -0.179. The molecule has 0 spiro atoms. The number of halogens is 1. The van der Waals surface area contributed by atoms with Gasteiger partial charge in [0, 0.05) is 11.3 Å². The summed E-state index contributed by atoms with van der Waals surface area (Å²) in [6.07, 6.45) is 1.90. The Morgan fingerprint density at radius 3 is 2.62 bits per heavy atom. The second-order valence-electron chi connectivity index (χ2n) is 6.19. The van der Waals surface area contributed by atoms with Gasteiger partial charge in [-0.1, -0.05) is 39.0 Å². The summed E-state index contributed by atoms with van der Waals surface area (Å²) in [6.45, 7) is 6.92. The lowest BCUT2D eigenvalue weighted by atomic mass is 9.97. The topological polar surface area (TPSA) is 47.6 Å². The van der Waals surface area contributed by atoms with Crippen LogP contribution in [0.2, 0.25) is 0 Å². The van der Waals surface area contributed by atoms with Crippen molar-refractivity contribution in [1.82, 2.24) is 0 Å². The van der Waals surface area contributed by atoms with Crippen molar-refractivity contribution in [3.05, 3.63) is 52.0 Å². The van der Waals surface area contributed by atoms with Crippen molar-refractivity contribution in [2.24, 2.45) is 0 Å². The van der Waals surface area contributed by atoms with E-state index in [2.05, 4.69) is 41.2 Å². The molecule has 0 radical (unpaired) electrons. The molecular formula is C21H26BrNO3. The van der Waals surface area contributed by atoms with Crippen LogP contribution in [-0.4, -0.2) is 19.6 Å². The van der Waals surface area contributed by atoms with Gasteiger partial charge < -0.3 is 14.8 Å². The minimum absolute atomic E-state index is 0.179. The van der Waals surface area contributed by atoms with E-state index in [4.69, 9.17) is 9.47 Å². The molecule has 1 amide bonds. The van der Waals surface area contributed by atoms with Gasteiger partial charge in [0.05, 0.1) is 18.2 Å². The zero-order chi connectivity index (χ0) is 19.1. The predicted molar refractivity (Wildman–Crippen MR) is 110 cm³/mol. The Balaban J connectivity index is 2.29. The highest BCUT2D eigenvalue weighted by molar-refractivity contribution is 9.10. The Kier molecular flexibility index (Phi) is 7.51. The van der Waals surface area contributed by atoms with Crippen molar-refractivity contribution >= 4 is 27.5 Å². The molecule has 0 saturated carbocycles. The lowest BCUT2D eigenvalue weighted by Crippen LogP contribution is -2.14. The predicted octanol–water partition coefficient (Wildman–Crippen LogP) is 6.01. The van der Waals surface area contributed by atoms with Gasteiger partial charge in [-0.15, -0.1) is 0 Å². The smallest absolute Gasteiger partial charge is 0.255 e. The Morgan fingerprint density at radius 1 is 1.23 bits per heavy atom. The minimum Gasteiger partial charge on any atom is -0.493 e. The lowest BCUT2D eigenvalue weighted by molar-refractivity contribution is 0.102. The van der Waals surface area contributed by atoms with E-state index in [0.29, 0.717) is 34.1 Å². The van der Waals surface area contributed by atoms with Crippen molar-refractivity contribution in [3.63, 3.8) is 0 Å². The van der Waals surface area contributed by atoms with Crippen LogP contribution in [0.15, 0.2) is 40.9 Å². The fraction of sp³-hybridized carbons (Fsp3) is 0.381. The molecule has 0 saturated heterocycles. The summed E-state index contributed by atoms with van der Waals surface area (Å²) in [6, 6.07) is 11.4. The fourth-order valence-electron chi connectivity index (χ4n) is 2.65. The van der Waals surface area contributed by atoms with Crippen molar-refractivity contribution < 1.29 is 14.3 Å². The van der Waals surface area contributed by atoms with Gasteiger partial charge in [0.25, 0.3) is 5.91 Å². The highest BCUT2D eigenvalue weighted by atomic mass is 79.9. The molecular weight excluding hydrogens is 394 g/mol. The van der Waals surface area contributed by atoms with Crippen LogP contribution in [0.3, 0.4) is 0 Å². The maximum atomic E-state index is 12.8. The third-order valence-electron chi connectivity index (χ3n) is 4.29. The molecule has 0 aliphatic carbocycles. The molecule has 26 heavy (non-hydrogen) atoms. The SMILES string of the molecule is CCCOc1c(Br)cc(C(=O)Nc2ccccc2[C@@H](C)CC)cc1OC. The van der Waals surface area contributed by atoms with E-state index in [-0.39, 0.29) is 5.91 Å². The van der Waals surface area contributed by atoms with Crippen LogP contribution in [0.5, 0.6) is 11.5 Å². The van der Waals surface area contributed by atoms with E-state index in [1.807, 2.05) is 25.1 Å². The molecule has 4 nitrogen and oxygen atoms in total. The van der Waals surface area contributed by atoms with E-state index < -0.39 is 0 Å². The molecule has 5 heteroatoms. The molecule has 0 heterocycles. The first kappa shape index (κ1) is 20.3. The number of anilines is 1. The molecule has 1 N–H and O–H groups in total. The molecule has 1 atom stereocenters. The Labute approximate surface area is 164 Å². The van der Waals surface area contributed by atoms with E-state index in [1.54, 1.807) is 19.2 Å². The molecule has 2 aromatic carbocycles. The number of amides is 1. The summed E-state index contributed by atoms with van der Waals surface area (Å²) in [5, 5.41) is 3.03. The first-order valence-corrected chi connectivity index (χ1v) is 9.71. The van der Waals surface area contributed by atoms with Gasteiger partial charge in [-0.2, -0.15) is 0 Å². The van der Waals surface area contributed by atoms with Crippen LogP contribution in [-0.2, 0) is 0 Å². The molecule has 0 aliphatic rings. The van der Waals surface area contributed by atoms with Gasteiger partial charge in [0.2, 0.25) is 0 Å².